The average molecular weight is 390 g/mol. The lowest BCUT2D eigenvalue weighted by Gasteiger charge is -2.20. The zero-order chi connectivity index (χ0) is 19.8. The first-order valence-electron chi connectivity index (χ1n) is 9.92. The van der Waals surface area contributed by atoms with Gasteiger partial charge in [-0.1, -0.05) is 18.2 Å². The number of carbonyl (C=O) groups excluding carboxylic acids is 2. The molecule has 2 aromatic heterocycles. The van der Waals surface area contributed by atoms with Gasteiger partial charge in [-0.3, -0.25) is 9.78 Å². The monoisotopic (exact) mass is 390 g/mol. The number of furan rings is 1. The van der Waals surface area contributed by atoms with E-state index in [1.54, 1.807) is 18.5 Å². The number of anilines is 1. The second-order valence-electron chi connectivity index (χ2n) is 7.76. The molecule has 1 saturated heterocycles. The summed E-state index contributed by atoms with van der Waals surface area (Å²) >= 11 is 0. The second kappa shape index (κ2) is 7.24. The Balaban J connectivity index is 1.06. The average Bonchev–Trinajstić information content (AvgIpc) is 3.11. The minimum Gasteiger partial charge on any atom is -0.449 e. The number of nitrogens with zero attached hydrogens (tertiary/aromatic N) is 2. The molecule has 3 atom stereocenters. The van der Waals surface area contributed by atoms with Crippen molar-refractivity contribution in [2.75, 3.05) is 25.0 Å². The predicted molar refractivity (Wildman–Crippen MR) is 108 cm³/mol. The van der Waals surface area contributed by atoms with Crippen molar-refractivity contribution in [1.29, 1.82) is 0 Å². The summed E-state index contributed by atoms with van der Waals surface area (Å²) in [7, 11) is 0. The van der Waals surface area contributed by atoms with Crippen LogP contribution >= 0.6 is 0 Å². The van der Waals surface area contributed by atoms with Crippen molar-refractivity contribution in [3.63, 3.8) is 0 Å². The van der Waals surface area contributed by atoms with Gasteiger partial charge in [-0.25, -0.2) is 4.79 Å². The molecule has 1 aromatic carbocycles. The summed E-state index contributed by atoms with van der Waals surface area (Å²) in [6, 6.07) is 13.0. The van der Waals surface area contributed by atoms with Crippen molar-refractivity contribution in [3.05, 3.63) is 60.6 Å². The number of hydrogen-bond acceptors (Lipinski definition) is 4. The van der Waals surface area contributed by atoms with E-state index in [-0.39, 0.29) is 11.9 Å². The summed E-state index contributed by atoms with van der Waals surface area (Å²) in [4.78, 5) is 30.5. The highest BCUT2D eigenvalue weighted by atomic mass is 16.3. The summed E-state index contributed by atoms with van der Waals surface area (Å²) in [6.07, 6.45) is 4.21. The highest BCUT2D eigenvalue weighted by Gasteiger charge is 2.55. The molecule has 29 heavy (non-hydrogen) atoms. The highest BCUT2D eigenvalue weighted by molar-refractivity contribution is 5.95. The number of fused-ring (bicyclic) bond motifs is 2. The van der Waals surface area contributed by atoms with Crippen LogP contribution in [0.3, 0.4) is 0 Å². The Morgan fingerprint density at radius 1 is 1.14 bits per heavy atom. The minimum atomic E-state index is -0.198. The number of piperidine rings is 1. The molecule has 5 rings (SSSR count). The second-order valence-corrected chi connectivity index (χ2v) is 7.76. The van der Waals surface area contributed by atoms with Crippen LogP contribution < -0.4 is 10.6 Å². The maximum absolute atomic E-state index is 12.4. The Hall–Kier alpha value is -3.35. The summed E-state index contributed by atoms with van der Waals surface area (Å²) < 4.78 is 5.54. The Bertz CT molecular complexity index is 1000. The van der Waals surface area contributed by atoms with Crippen molar-refractivity contribution in [2.24, 2.45) is 17.8 Å². The minimum absolute atomic E-state index is 0.0326. The molecule has 2 fully saturated rings. The van der Waals surface area contributed by atoms with Crippen LogP contribution in [0.25, 0.3) is 11.0 Å². The quantitative estimate of drug-likeness (QED) is 0.699. The Morgan fingerprint density at radius 3 is 2.69 bits per heavy atom. The van der Waals surface area contributed by atoms with Gasteiger partial charge >= 0.3 is 6.03 Å². The van der Waals surface area contributed by atoms with Crippen LogP contribution in [0.15, 0.2) is 59.3 Å². The largest absolute Gasteiger partial charge is 0.449 e. The highest BCUT2D eigenvalue weighted by Crippen LogP contribution is 2.53. The van der Waals surface area contributed by atoms with E-state index in [9.17, 15) is 9.59 Å². The third-order valence-corrected chi connectivity index (χ3v) is 5.99. The molecule has 3 aromatic rings. The standard InChI is InChI=1S/C22H22N4O3/c27-21(19-10-14-6-8-23-11-20(14)29-19)24-9-7-16-17-12-26(13-18(16)17)22(28)25-15-4-2-1-3-5-15/h1-6,8,10-11,16-18H,7,9,12-13H2,(H,24,27)(H,25,28)/t16-,17-,18?/m1/s1. The van der Waals surface area contributed by atoms with Crippen molar-refractivity contribution in [3.8, 4) is 0 Å². The Labute approximate surface area is 168 Å². The van der Waals surface area contributed by atoms with Gasteiger partial charge in [0.2, 0.25) is 0 Å². The van der Waals surface area contributed by atoms with Crippen LogP contribution in [-0.4, -0.2) is 41.5 Å². The van der Waals surface area contributed by atoms with Gasteiger partial charge in [0.15, 0.2) is 11.3 Å². The van der Waals surface area contributed by atoms with E-state index >= 15 is 0 Å². The van der Waals surface area contributed by atoms with E-state index < -0.39 is 0 Å². The first-order chi connectivity index (χ1) is 14.2. The van der Waals surface area contributed by atoms with Gasteiger partial charge in [0.1, 0.15) is 0 Å². The van der Waals surface area contributed by atoms with Crippen LogP contribution in [0, 0.1) is 17.8 Å². The molecule has 3 heterocycles. The molecule has 1 aliphatic heterocycles. The molecule has 1 saturated carbocycles. The smallest absolute Gasteiger partial charge is 0.321 e. The van der Waals surface area contributed by atoms with Crippen LogP contribution in [-0.2, 0) is 0 Å². The number of hydrogen-bond donors (Lipinski definition) is 2. The maximum atomic E-state index is 12.4. The molecular formula is C22H22N4O3. The van der Waals surface area contributed by atoms with Crippen LogP contribution in [0.5, 0.6) is 0 Å². The van der Waals surface area contributed by atoms with Gasteiger partial charge in [-0.2, -0.15) is 0 Å². The molecular weight excluding hydrogens is 368 g/mol. The topological polar surface area (TPSA) is 87.5 Å². The van der Waals surface area contributed by atoms with Crippen molar-refractivity contribution < 1.29 is 14.0 Å². The number of rotatable bonds is 5. The van der Waals surface area contributed by atoms with Crippen molar-refractivity contribution >= 4 is 28.6 Å². The molecule has 0 radical (unpaired) electrons. The lowest BCUT2D eigenvalue weighted by Crippen LogP contribution is -2.35. The fraction of sp³-hybridized carbons (Fsp3) is 0.318. The number of amides is 3. The van der Waals surface area contributed by atoms with Gasteiger partial charge in [-0.15, -0.1) is 0 Å². The molecule has 0 spiro atoms. The van der Waals surface area contributed by atoms with Crippen LogP contribution in [0.2, 0.25) is 0 Å². The zero-order valence-electron chi connectivity index (χ0n) is 15.9. The van der Waals surface area contributed by atoms with E-state index in [0.29, 0.717) is 35.6 Å². The number of carbonyl (C=O) groups is 2. The summed E-state index contributed by atoms with van der Waals surface area (Å²) in [6.45, 7) is 2.19. The molecule has 0 bridgehead atoms. The lowest BCUT2D eigenvalue weighted by molar-refractivity contribution is 0.0926. The number of pyridine rings is 1. The van der Waals surface area contributed by atoms with Crippen molar-refractivity contribution in [2.45, 2.75) is 6.42 Å². The van der Waals surface area contributed by atoms with Crippen LogP contribution in [0.4, 0.5) is 10.5 Å². The fourth-order valence-electron chi connectivity index (χ4n) is 4.40. The number of urea groups is 1. The van der Waals surface area contributed by atoms with Gasteiger partial charge in [0.25, 0.3) is 5.91 Å². The first kappa shape index (κ1) is 17.7. The predicted octanol–water partition coefficient (Wildman–Crippen LogP) is 3.36. The number of benzene rings is 1. The molecule has 2 aliphatic rings. The molecule has 7 heteroatoms. The summed E-state index contributed by atoms with van der Waals surface area (Å²) in [5.41, 5.74) is 1.43. The molecule has 3 amide bonds. The molecule has 148 valence electrons. The van der Waals surface area contributed by atoms with Gasteiger partial charge < -0.3 is 20.0 Å². The fourth-order valence-corrected chi connectivity index (χ4v) is 4.40. The normalized spacial score (nSPS) is 22.3. The number of likely N-dealkylation sites (tertiary alicyclic amines) is 1. The molecule has 1 aliphatic carbocycles. The van der Waals surface area contributed by atoms with E-state index in [2.05, 4.69) is 15.6 Å². The zero-order valence-corrected chi connectivity index (χ0v) is 15.9. The van der Waals surface area contributed by atoms with E-state index in [4.69, 9.17) is 4.42 Å². The van der Waals surface area contributed by atoms with E-state index in [1.807, 2.05) is 41.3 Å². The SMILES string of the molecule is O=C(NCC[C@H]1C2CN(C(=O)Nc3ccccc3)C[C@@H]21)c1cc2ccncc2o1. The first-order valence-corrected chi connectivity index (χ1v) is 9.92. The van der Waals surface area contributed by atoms with Gasteiger partial charge in [0, 0.05) is 36.9 Å². The third-order valence-electron chi connectivity index (χ3n) is 5.99. The lowest BCUT2D eigenvalue weighted by atomic mass is 10.2. The van der Waals surface area contributed by atoms with E-state index in [0.717, 1.165) is 30.6 Å². The number of aromatic nitrogens is 1. The summed E-state index contributed by atoms with van der Waals surface area (Å²) in [5.74, 6) is 1.79. The molecule has 2 N–H and O–H groups in total. The van der Waals surface area contributed by atoms with Gasteiger partial charge in [-0.05, 0) is 48.4 Å². The van der Waals surface area contributed by atoms with Gasteiger partial charge in [0.05, 0.1) is 6.20 Å². The Kier molecular flexibility index (Phi) is 4.42. The maximum Gasteiger partial charge on any atom is 0.321 e. The van der Waals surface area contributed by atoms with Crippen molar-refractivity contribution in [1.82, 2.24) is 15.2 Å². The summed E-state index contributed by atoms with van der Waals surface area (Å²) in [5, 5.41) is 6.75. The Morgan fingerprint density at radius 2 is 1.93 bits per heavy atom. The van der Waals surface area contributed by atoms with E-state index in [1.165, 1.54) is 0 Å². The molecule has 7 nitrogen and oxygen atoms in total. The third kappa shape index (κ3) is 3.55. The number of nitrogens with one attached hydrogen (secondary N) is 2. The molecule has 1 unspecified atom stereocenters. The van der Waals surface area contributed by atoms with Crippen LogP contribution in [0.1, 0.15) is 17.0 Å². The number of para-hydroxylation sites is 1.